The monoisotopic (exact) mass is 391 g/mol. The predicted molar refractivity (Wildman–Crippen MR) is 102 cm³/mol. The molecule has 1 unspecified atom stereocenters. The molecule has 0 aliphatic rings. The van der Waals surface area contributed by atoms with Crippen molar-refractivity contribution in [1.29, 1.82) is 0 Å². The quantitative estimate of drug-likeness (QED) is 0.571. The Morgan fingerprint density at radius 1 is 1.31 bits per heavy atom. The van der Waals surface area contributed by atoms with Crippen LogP contribution in [0, 0.1) is 0 Å². The van der Waals surface area contributed by atoms with Crippen LogP contribution in [-0.2, 0) is 4.79 Å². The molecule has 1 atom stereocenters. The van der Waals surface area contributed by atoms with Gasteiger partial charge >= 0.3 is 5.97 Å². The van der Waals surface area contributed by atoms with Crippen LogP contribution in [0.2, 0.25) is 4.34 Å². The highest BCUT2D eigenvalue weighted by molar-refractivity contribution is 7.19. The van der Waals surface area contributed by atoms with Crippen molar-refractivity contribution in [1.82, 2.24) is 9.97 Å². The molecule has 0 N–H and O–H groups in total. The first-order valence-corrected chi connectivity index (χ1v) is 9.23. The molecule has 6 nitrogen and oxygen atoms in total. The molecule has 0 amide bonds. The van der Waals surface area contributed by atoms with Gasteiger partial charge in [0.2, 0.25) is 5.76 Å². The molecule has 0 saturated carbocycles. The number of nitrogens with zero attached hydrogens (tertiary/aromatic N) is 3. The van der Waals surface area contributed by atoms with E-state index in [1.807, 2.05) is 38.1 Å². The van der Waals surface area contributed by atoms with Crippen molar-refractivity contribution >= 4 is 34.7 Å². The fourth-order valence-corrected chi connectivity index (χ4v) is 3.50. The van der Waals surface area contributed by atoms with E-state index in [0.29, 0.717) is 16.5 Å². The van der Waals surface area contributed by atoms with Gasteiger partial charge in [-0.05, 0) is 30.2 Å². The smallest absolute Gasteiger partial charge is 0.320 e. The molecule has 0 fully saturated rings. The summed E-state index contributed by atoms with van der Waals surface area (Å²) in [5.41, 5.74) is 0.798. The van der Waals surface area contributed by atoms with Crippen molar-refractivity contribution in [3.63, 3.8) is 0 Å². The van der Waals surface area contributed by atoms with Gasteiger partial charge in [0, 0.05) is 20.3 Å². The van der Waals surface area contributed by atoms with Crippen molar-refractivity contribution in [2.45, 2.75) is 19.3 Å². The first-order chi connectivity index (χ1) is 12.5. The molecule has 0 aliphatic carbocycles. The van der Waals surface area contributed by atoms with E-state index in [2.05, 4.69) is 9.97 Å². The van der Waals surface area contributed by atoms with Gasteiger partial charge < -0.3 is 14.1 Å². The van der Waals surface area contributed by atoms with E-state index in [4.69, 9.17) is 20.8 Å². The first kappa shape index (κ1) is 18.4. The number of carbonyl (C=O) groups is 1. The minimum absolute atomic E-state index is 0.143. The number of ether oxygens (including phenoxy) is 1. The third-order valence-corrected chi connectivity index (χ3v) is 5.08. The summed E-state index contributed by atoms with van der Waals surface area (Å²) in [4.78, 5) is 23.7. The Morgan fingerprint density at radius 3 is 2.69 bits per heavy atom. The van der Waals surface area contributed by atoms with E-state index < -0.39 is 11.9 Å². The Balaban J connectivity index is 1.79. The van der Waals surface area contributed by atoms with Crippen molar-refractivity contribution in [3.8, 4) is 16.5 Å². The van der Waals surface area contributed by atoms with E-state index in [9.17, 15) is 4.79 Å². The van der Waals surface area contributed by atoms with Crippen molar-refractivity contribution in [3.05, 3.63) is 46.8 Å². The standard InChI is InChI=1S/C18H18ClN3O3S/c1-4-12(11-5-8-15(20-9-11)22(2)3)18(23)25-17-16(24-10-21-17)13-6-7-14(19)26-13/h5-10,12H,4H2,1-3H3. The zero-order valence-electron chi connectivity index (χ0n) is 14.6. The summed E-state index contributed by atoms with van der Waals surface area (Å²) in [6.45, 7) is 1.93. The third kappa shape index (κ3) is 3.89. The van der Waals surface area contributed by atoms with Crippen molar-refractivity contribution < 1.29 is 13.9 Å². The predicted octanol–water partition coefficient (Wildman–Crippen LogP) is 4.62. The fourth-order valence-electron chi connectivity index (χ4n) is 2.48. The Morgan fingerprint density at radius 2 is 2.12 bits per heavy atom. The number of anilines is 1. The van der Waals surface area contributed by atoms with Crippen molar-refractivity contribution in [2.24, 2.45) is 0 Å². The minimum Gasteiger partial charge on any atom is -0.438 e. The molecule has 0 aromatic carbocycles. The van der Waals surface area contributed by atoms with Gasteiger partial charge in [0.25, 0.3) is 5.88 Å². The number of rotatable bonds is 6. The first-order valence-electron chi connectivity index (χ1n) is 8.03. The van der Waals surface area contributed by atoms with Gasteiger partial charge in [0.05, 0.1) is 15.1 Å². The van der Waals surface area contributed by atoms with Crippen LogP contribution < -0.4 is 9.64 Å². The summed E-state index contributed by atoms with van der Waals surface area (Å²) in [5, 5.41) is 0. The topological polar surface area (TPSA) is 68.5 Å². The molecule has 0 bridgehead atoms. The van der Waals surface area contributed by atoms with E-state index in [-0.39, 0.29) is 5.88 Å². The van der Waals surface area contributed by atoms with Gasteiger partial charge in [-0.25, -0.2) is 4.98 Å². The van der Waals surface area contributed by atoms with Crippen LogP contribution in [0.1, 0.15) is 24.8 Å². The number of thiophene rings is 1. The number of hydrogen-bond donors (Lipinski definition) is 0. The summed E-state index contributed by atoms with van der Waals surface area (Å²) in [7, 11) is 3.83. The summed E-state index contributed by atoms with van der Waals surface area (Å²) in [6.07, 6.45) is 3.54. The van der Waals surface area contributed by atoms with E-state index in [0.717, 1.165) is 16.3 Å². The van der Waals surface area contributed by atoms with Crippen LogP contribution in [0.3, 0.4) is 0 Å². The maximum absolute atomic E-state index is 12.7. The molecule has 26 heavy (non-hydrogen) atoms. The zero-order chi connectivity index (χ0) is 18.7. The summed E-state index contributed by atoms with van der Waals surface area (Å²) >= 11 is 7.29. The highest BCUT2D eigenvalue weighted by atomic mass is 35.5. The maximum atomic E-state index is 12.7. The lowest BCUT2D eigenvalue weighted by molar-refractivity contribution is -0.136. The van der Waals surface area contributed by atoms with Crippen LogP contribution in [-0.4, -0.2) is 30.0 Å². The third-order valence-electron chi connectivity index (χ3n) is 3.85. The van der Waals surface area contributed by atoms with Crippen LogP contribution in [0.5, 0.6) is 5.88 Å². The molecular weight excluding hydrogens is 374 g/mol. The Hall–Kier alpha value is -2.38. The molecule has 3 aromatic heterocycles. The highest BCUT2D eigenvalue weighted by Crippen LogP contribution is 2.36. The van der Waals surface area contributed by atoms with Crippen molar-refractivity contribution in [2.75, 3.05) is 19.0 Å². The molecule has 0 spiro atoms. The van der Waals surface area contributed by atoms with Gasteiger partial charge in [-0.3, -0.25) is 4.79 Å². The number of halogens is 1. The molecule has 0 radical (unpaired) electrons. The molecule has 3 aromatic rings. The average Bonchev–Trinajstić information content (AvgIpc) is 3.24. The molecule has 0 aliphatic heterocycles. The Kier molecular flexibility index (Phi) is 5.58. The molecular formula is C18H18ClN3O3S. The van der Waals surface area contributed by atoms with Crippen LogP contribution in [0.15, 0.2) is 41.3 Å². The second kappa shape index (κ2) is 7.88. The second-order valence-corrected chi connectivity index (χ2v) is 7.53. The zero-order valence-corrected chi connectivity index (χ0v) is 16.2. The molecule has 8 heteroatoms. The number of hydrogen-bond acceptors (Lipinski definition) is 7. The maximum Gasteiger partial charge on any atom is 0.320 e. The summed E-state index contributed by atoms with van der Waals surface area (Å²) in [5.74, 6) is 0.529. The van der Waals surface area contributed by atoms with Crippen LogP contribution >= 0.6 is 22.9 Å². The second-order valence-electron chi connectivity index (χ2n) is 5.82. The lowest BCUT2D eigenvalue weighted by Gasteiger charge is -2.15. The molecule has 3 rings (SSSR count). The minimum atomic E-state index is -0.435. The fraction of sp³-hybridized carbons (Fsp3) is 0.278. The van der Waals surface area contributed by atoms with E-state index in [1.54, 1.807) is 18.3 Å². The molecule has 3 heterocycles. The van der Waals surface area contributed by atoms with Gasteiger partial charge in [-0.15, -0.1) is 11.3 Å². The van der Waals surface area contributed by atoms with Gasteiger partial charge in [-0.1, -0.05) is 24.6 Å². The van der Waals surface area contributed by atoms with Crippen LogP contribution in [0.4, 0.5) is 5.82 Å². The summed E-state index contributed by atoms with van der Waals surface area (Å²) in [6, 6.07) is 7.31. The molecule has 136 valence electrons. The molecule has 0 saturated heterocycles. The number of esters is 1. The van der Waals surface area contributed by atoms with E-state index >= 15 is 0 Å². The lowest BCUT2D eigenvalue weighted by Crippen LogP contribution is -2.19. The highest BCUT2D eigenvalue weighted by Gasteiger charge is 2.25. The number of aromatic nitrogens is 2. The lowest BCUT2D eigenvalue weighted by atomic mass is 9.98. The Labute approximate surface area is 160 Å². The summed E-state index contributed by atoms with van der Waals surface area (Å²) < 4.78 is 11.5. The number of pyridine rings is 1. The van der Waals surface area contributed by atoms with Crippen LogP contribution in [0.25, 0.3) is 10.6 Å². The van der Waals surface area contributed by atoms with Gasteiger partial charge in [0.1, 0.15) is 5.82 Å². The van der Waals surface area contributed by atoms with E-state index in [1.165, 1.54) is 17.7 Å². The SMILES string of the molecule is CCC(C(=O)Oc1ncoc1-c1ccc(Cl)s1)c1ccc(N(C)C)nc1. The number of oxazole rings is 1. The normalized spacial score (nSPS) is 12.0. The average molecular weight is 392 g/mol. The van der Waals surface area contributed by atoms with Gasteiger partial charge in [0.15, 0.2) is 6.39 Å². The number of carbonyl (C=O) groups excluding carboxylic acids is 1. The Bertz CT molecular complexity index is 889. The van der Waals surface area contributed by atoms with Gasteiger partial charge in [-0.2, -0.15) is 4.98 Å². The largest absolute Gasteiger partial charge is 0.438 e.